The van der Waals surface area contributed by atoms with Gasteiger partial charge in [0.25, 0.3) is 0 Å². The fourth-order valence-electron chi connectivity index (χ4n) is 5.69. The minimum absolute atomic E-state index is 0.275. The van der Waals surface area contributed by atoms with Crippen LogP contribution in [0.15, 0.2) is 36.7 Å². The summed E-state index contributed by atoms with van der Waals surface area (Å²) in [7, 11) is 1.76. The first-order chi connectivity index (χ1) is 19.8. The Morgan fingerprint density at radius 1 is 1.10 bits per heavy atom. The zero-order valence-corrected chi connectivity index (χ0v) is 24.7. The second-order valence-corrected chi connectivity index (χ2v) is 11.9. The highest BCUT2D eigenvalue weighted by Gasteiger charge is 2.37. The van der Waals surface area contributed by atoms with Crippen molar-refractivity contribution in [2.45, 2.75) is 59.6 Å². The molecule has 0 spiro atoms. The fraction of sp³-hybridized carbons (Fsp3) is 0.355. The Morgan fingerprint density at radius 3 is 2.50 bits per heavy atom. The smallest absolute Gasteiger partial charge is 0.410 e. The minimum Gasteiger partial charge on any atom is -0.444 e. The molecular weight excluding hydrogens is 540 g/mol. The average molecular weight is 574 g/mol. The lowest BCUT2D eigenvalue weighted by Gasteiger charge is -2.34. The molecule has 3 aromatic heterocycles. The van der Waals surface area contributed by atoms with E-state index < -0.39 is 23.6 Å². The normalized spacial score (nSPS) is 15.4. The van der Waals surface area contributed by atoms with Gasteiger partial charge in [0.1, 0.15) is 22.9 Å². The van der Waals surface area contributed by atoms with Gasteiger partial charge in [-0.15, -0.1) is 0 Å². The summed E-state index contributed by atoms with van der Waals surface area (Å²) < 4.78 is 39.3. The molecule has 4 heterocycles. The van der Waals surface area contributed by atoms with Crippen molar-refractivity contribution in [1.29, 1.82) is 0 Å². The van der Waals surface area contributed by atoms with Gasteiger partial charge in [0.15, 0.2) is 5.82 Å². The van der Waals surface area contributed by atoms with Crippen LogP contribution < -0.4 is 0 Å². The van der Waals surface area contributed by atoms with E-state index in [0.717, 1.165) is 11.3 Å². The van der Waals surface area contributed by atoms with Crippen LogP contribution in [0.25, 0.3) is 39.4 Å². The highest BCUT2D eigenvalue weighted by atomic mass is 19.1. The van der Waals surface area contributed by atoms with E-state index in [4.69, 9.17) is 9.84 Å². The van der Waals surface area contributed by atoms with Crippen molar-refractivity contribution < 1.29 is 18.3 Å². The number of rotatable bonds is 3. The molecule has 0 fully saturated rings. The number of ether oxygens (including phenoxy) is 1. The zero-order chi connectivity index (χ0) is 30.1. The number of aryl methyl sites for hydroxylation is 3. The van der Waals surface area contributed by atoms with Crippen LogP contribution in [-0.2, 0) is 18.2 Å². The molecular formula is C31H33F2N7O2. The van der Waals surface area contributed by atoms with Gasteiger partial charge in [-0.05, 0) is 76.9 Å². The second-order valence-electron chi connectivity index (χ2n) is 11.9. The molecule has 1 amide bonds. The number of halogens is 2. The maximum absolute atomic E-state index is 15.6. The number of nitrogens with zero attached hydrogens (tertiary/aromatic N) is 6. The third-order valence-electron chi connectivity index (χ3n) is 7.72. The predicted molar refractivity (Wildman–Crippen MR) is 155 cm³/mol. The number of hydrogen-bond acceptors (Lipinski definition) is 5. The molecule has 218 valence electrons. The fourth-order valence-corrected chi connectivity index (χ4v) is 5.69. The monoisotopic (exact) mass is 573 g/mol. The van der Waals surface area contributed by atoms with E-state index in [9.17, 15) is 9.18 Å². The molecule has 0 unspecified atom stereocenters. The van der Waals surface area contributed by atoms with Crippen LogP contribution in [0.5, 0.6) is 0 Å². The Morgan fingerprint density at radius 2 is 1.81 bits per heavy atom. The first-order valence-corrected chi connectivity index (χ1v) is 13.9. The Kier molecular flexibility index (Phi) is 6.43. The van der Waals surface area contributed by atoms with E-state index in [1.165, 1.54) is 6.20 Å². The third kappa shape index (κ3) is 4.53. The molecule has 0 bridgehead atoms. The number of imidazole rings is 1. The van der Waals surface area contributed by atoms with Crippen molar-refractivity contribution in [3.8, 4) is 28.5 Å². The van der Waals surface area contributed by atoms with Gasteiger partial charge < -0.3 is 14.6 Å². The number of carbonyl (C=O) groups excluding carboxylic acids is 1. The van der Waals surface area contributed by atoms with Crippen LogP contribution in [0.3, 0.4) is 0 Å². The Balaban J connectivity index is 1.51. The molecule has 0 saturated heterocycles. The van der Waals surface area contributed by atoms with Gasteiger partial charge >= 0.3 is 6.09 Å². The number of carbonyl (C=O) groups is 1. The standard InChI is InChI=1S/C31H33F2N7O2/c1-16-12-19(13-17(2)26(16)32)40-28(25-18(3)39(11-10-22(25)37-40)30(41)42-31(4,5)6)29-34-15-23(36-29)20-8-9-24-21(27(20)33)14-35-38(24)7/h8-9,12-15,18H,10-11H2,1-7H3,(H,34,36)/t18-/m0/s1. The van der Waals surface area contributed by atoms with E-state index in [1.54, 1.807) is 59.6 Å². The van der Waals surface area contributed by atoms with Crippen LogP contribution >= 0.6 is 0 Å². The lowest BCUT2D eigenvalue weighted by molar-refractivity contribution is 0.0160. The van der Waals surface area contributed by atoms with Gasteiger partial charge in [-0.3, -0.25) is 4.68 Å². The van der Waals surface area contributed by atoms with Crippen molar-refractivity contribution in [3.05, 3.63) is 70.7 Å². The average Bonchev–Trinajstić information content (AvgIpc) is 3.64. The largest absolute Gasteiger partial charge is 0.444 e. The van der Waals surface area contributed by atoms with E-state index in [1.807, 2.05) is 33.8 Å². The molecule has 9 nitrogen and oxygen atoms in total. The topological polar surface area (TPSA) is 93.9 Å². The van der Waals surface area contributed by atoms with Gasteiger partial charge in [-0.2, -0.15) is 10.2 Å². The molecule has 1 aliphatic rings. The number of amides is 1. The Hall–Kier alpha value is -4.54. The van der Waals surface area contributed by atoms with E-state index in [0.29, 0.717) is 63.5 Å². The first-order valence-electron chi connectivity index (χ1n) is 13.9. The summed E-state index contributed by atoms with van der Waals surface area (Å²) in [5.74, 6) is -0.231. The quantitative estimate of drug-likeness (QED) is 0.264. The Bertz CT molecular complexity index is 1840. The van der Waals surface area contributed by atoms with Gasteiger partial charge in [0.2, 0.25) is 0 Å². The number of H-pyrrole nitrogens is 1. The van der Waals surface area contributed by atoms with Crippen LogP contribution in [0.4, 0.5) is 13.6 Å². The maximum Gasteiger partial charge on any atom is 0.410 e. The van der Waals surface area contributed by atoms with Gasteiger partial charge in [-0.25, -0.2) is 23.2 Å². The summed E-state index contributed by atoms with van der Waals surface area (Å²) in [6.07, 6.45) is 3.17. The second kappa shape index (κ2) is 9.78. The number of fused-ring (bicyclic) bond motifs is 2. The summed E-state index contributed by atoms with van der Waals surface area (Å²) in [5, 5.41) is 9.52. The van der Waals surface area contributed by atoms with E-state index >= 15 is 4.39 Å². The van der Waals surface area contributed by atoms with Crippen molar-refractivity contribution in [1.82, 2.24) is 34.4 Å². The number of hydrogen-bond donors (Lipinski definition) is 1. The molecule has 0 saturated carbocycles. The van der Waals surface area contributed by atoms with Crippen molar-refractivity contribution in [2.75, 3.05) is 6.54 Å². The van der Waals surface area contributed by atoms with E-state index in [2.05, 4.69) is 15.1 Å². The summed E-state index contributed by atoms with van der Waals surface area (Å²) >= 11 is 0. The minimum atomic E-state index is -0.650. The summed E-state index contributed by atoms with van der Waals surface area (Å²) in [6.45, 7) is 11.3. The van der Waals surface area contributed by atoms with Crippen LogP contribution in [0, 0.1) is 25.5 Å². The van der Waals surface area contributed by atoms with E-state index in [-0.39, 0.29) is 5.82 Å². The predicted octanol–water partition coefficient (Wildman–Crippen LogP) is 6.57. The molecule has 0 aliphatic carbocycles. The van der Waals surface area contributed by atoms with Crippen molar-refractivity contribution >= 4 is 17.0 Å². The molecule has 42 heavy (non-hydrogen) atoms. The third-order valence-corrected chi connectivity index (χ3v) is 7.72. The zero-order valence-electron chi connectivity index (χ0n) is 24.7. The highest BCUT2D eigenvalue weighted by Crippen LogP contribution is 2.39. The molecule has 5 aromatic rings. The molecule has 2 aromatic carbocycles. The Labute approximate surface area is 242 Å². The van der Waals surface area contributed by atoms with Gasteiger partial charge in [0.05, 0.1) is 46.4 Å². The van der Waals surface area contributed by atoms with Crippen molar-refractivity contribution in [3.63, 3.8) is 0 Å². The van der Waals surface area contributed by atoms with Crippen LogP contribution in [0.1, 0.15) is 56.1 Å². The molecule has 6 rings (SSSR count). The van der Waals surface area contributed by atoms with Gasteiger partial charge in [-0.1, -0.05) is 0 Å². The van der Waals surface area contributed by atoms with Crippen LogP contribution in [-0.4, -0.2) is 52.7 Å². The summed E-state index contributed by atoms with van der Waals surface area (Å²) in [6, 6.07) is 6.59. The summed E-state index contributed by atoms with van der Waals surface area (Å²) in [5.41, 5.74) is 4.72. The highest BCUT2D eigenvalue weighted by molar-refractivity contribution is 5.85. The SMILES string of the molecule is Cc1cc(-n2nc3c(c2-c2ncc(-c4ccc5c(cnn5C)c4F)[nH]2)[C@H](C)N(C(=O)OC(C)(C)C)CC3)cc(C)c1F. The van der Waals surface area contributed by atoms with Crippen molar-refractivity contribution in [2.24, 2.45) is 7.05 Å². The summed E-state index contributed by atoms with van der Waals surface area (Å²) in [4.78, 5) is 22.8. The molecule has 11 heteroatoms. The molecule has 0 radical (unpaired) electrons. The first kappa shape index (κ1) is 27.6. The maximum atomic E-state index is 15.6. The molecule has 1 atom stereocenters. The number of nitrogens with one attached hydrogen (secondary N) is 1. The number of benzene rings is 2. The lowest BCUT2D eigenvalue weighted by atomic mass is 9.97. The molecule has 1 aliphatic heterocycles. The number of aromatic nitrogens is 6. The van der Waals surface area contributed by atoms with Gasteiger partial charge in [0, 0.05) is 31.1 Å². The number of aromatic amines is 1. The van der Waals surface area contributed by atoms with Crippen LogP contribution in [0.2, 0.25) is 0 Å². The molecule has 1 N–H and O–H groups in total. The lowest BCUT2D eigenvalue weighted by Crippen LogP contribution is -2.42.